The van der Waals surface area contributed by atoms with Gasteiger partial charge in [0.1, 0.15) is 0 Å². The van der Waals surface area contributed by atoms with Gasteiger partial charge in [0.05, 0.1) is 5.92 Å². The summed E-state index contributed by atoms with van der Waals surface area (Å²) in [7, 11) is 0. The van der Waals surface area contributed by atoms with E-state index < -0.39 is 11.9 Å². The number of allylic oxidation sites excluding steroid dienone is 1. The third kappa shape index (κ3) is 3.84. The van der Waals surface area contributed by atoms with E-state index >= 15 is 0 Å². The topological polar surface area (TPSA) is 74.7 Å². The first kappa shape index (κ1) is 14.2. The molecule has 0 saturated heterocycles. The number of hydrogen-bond acceptors (Lipinski definition) is 3. The molecular formula is C13H17NO4. The number of aliphatic carboxylic acids is 1. The predicted octanol–water partition coefficient (Wildman–Crippen LogP) is 1.36. The molecule has 0 aromatic rings. The first-order chi connectivity index (χ1) is 8.56. The van der Waals surface area contributed by atoms with Gasteiger partial charge in [-0.25, -0.2) is 0 Å². The molecule has 1 N–H and O–H groups in total. The van der Waals surface area contributed by atoms with Crippen molar-refractivity contribution >= 4 is 17.8 Å². The summed E-state index contributed by atoms with van der Waals surface area (Å²) >= 11 is 0. The number of nitrogens with zero attached hydrogens (tertiary/aromatic N) is 1. The fraction of sp³-hybridized carbons (Fsp3) is 0.462. The van der Waals surface area contributed by atoms with Gasteiger partial charge in [0, 0.05) is 18.7 Å². The van der Waals surface area contributed by atoms with Gasteiger partial charge in [-0.3, -0.25) is 19.3 Å². The van der Waals surface area contributed by atoms with E-state index in [2.05, 4.69) is 0 Å². The van der Waals surface area contributed by atoms with Gasteiger partial charge in [-0.1, -0.05) is 18.6 Å². The highest BCUT2D eigenvalue weighted by Crippen LogP contribution is 2.12. The highest BCUT2D eigenvalue weighted by molar-refractivity contribution is 6.12. The lowest BCUT2D eigenvalue weighted by Crippen LogP contribution is -2.30. The molecule has 0 saturated carbocycles. The van der Waals surface area contributed by atoms with E-state index in [1.54, 1.807) is 19.1 Å². The standard InChI is InChI=1S/C13H17NO4/c1-2-5-10(13(17)18)6-3-4-9-14-11(15)7-8-12(14)16/h2,5,7-8,10H,3-4,6,9H2,1H3,(H,17,18). The number of rotatable bonds is 7. The summed E-state index contributed by atoms with van der Waals surface area (Å²) in [4.78, 5) is 34.5. The molecule has 0 aliphatic carbocycles. The van der Waals surface area contributed by atoms with Crippen LogP contribution >= 0.6 is 0 Å². The minimum Gasteiger partial charge on any atom is -0.481 e. The Morgan fingerprint density at radius 2 is 1.94 bits per heavy atom. The molecule has 0 aromatic heterocycles. The van der Waals surface area contributed by atoms with E-state index in [1.165, 1.54) is 17.1 Å². The Morgan fingerprint density at radius 1 is 1.33 bits per heavy atom. The SMILES string of the molecule is CC=CC(CCCCN1C(=O)C=CC1=O)C(=O)O. The van der Waals surface area contributed by atoms with Crippen LogP contribution in [0.15, 0.2) is 24.3 Å². The van der Waals surface area contributed by atoms with Gasteiger partial charge >= 0.3 is 5.97 Å². The number of imide groups is 1. The van der Waals surface area contributed by atoms with Crippen LogP contribution in [0.1, 0.15) is 26.2 Å². The molecule has 0 radical (unpaired) electrons. The van der Waals surface area contributed by atoms with E-state index in [0.29, 0.717) is 25.8 Å². The Hall–Kier alpha value is -1.91. The summed E-state index contributed by atoms with van der Waals surface area (Å²) in [5, 5.41) is 8.92. The molecule has 1 atom stereocenters. The highest BCUT2D eigenvalue weighted by Gasteiger charge is 2.22. The van der Waals surface area contributed by atoms with Gasteiger partial charge < -0.3 is 5.11 Å². The van der Waals surface area contributed by atoms with Crippen molar-refractivity contribution in [3.05, 3.63) is 24.3 Å². The van der Waals surface area contributed by atoms with E-state index in [9.17, 15) is 14.4 Å². The maximum absolute atomic E-state index is 11.2. The Balaban J connectivity index is 2.28. The Kier molecular flexibility index (Phi) is 5.30. The van der Waals surface area contributed by atoms with Crippen molar-refractivity contribution in [1.82, 2.24) is 4.90 Å². The third-order valence-corrected chi connectivity index (χ3v) is 2.79. The summed E-state index contributed by atoms with van der Waals surface area (Å²) in [6.45, 7) is 2.13. The zero-order valence-electron chi connectivity index (χ0n) is 10.3. The second-order valence-corrected chi connectivity index (χ2v) is 4.13. The van der Waals surface area contributed by atoms with Gasteiger partial charge in [-0.15, -0.1) is 0 Å². The zero-order valence-corrected chi connectivity index (χ0v) is 10.3. The van der Waals surface area contributed by atoms with Crippen molar-refractivity contribution in [2.24, 2.45) is 5.92 Å². The zero-order chi connectivity index (χ0) is 13.5. The molecular weight excluding hydrogens is 234 g/mol. The number of carboxylic acid groups (broad SMARTS) is 1. The molecule has 2 amide bonds. The number of carbonyl (C=O) groups excluding carboxylic acids is 2. The van der Waals surface area contributed by atoms with Crippen LogP contribution in [-0.4, -0.2) is 34.3 Å². The Bertz CT molecular complexity index is 380. The van der Waals surface area contributed by atoms with Crippen LogP contribution in [0, 0.1) is 5.92 Å². The van der Waals surface area contributed by atoms with Crippen LogP contribution in [0.25, 0.3) is 0 Å². The lowest BCUT2D eigenvalue weighted by Gasteiger charge is -2.14. The van der Waals surface area contributed by atoms with Crippen molar-refractivity contribution in [2.45, 2.75) is 26.2 Å². The number of hydrogen-bond donors (Lipinski definition) is 1. The molecule has 18 heavy (non-hydrogen) atoms. The summed E-state index contributed by atoms with van der Waals surface area (Å²) in [6, 6.07) is 0. The van der Waals surface area contributed by atoms with Crippen LogP contribution in [0.2, 0.25) is 0 Å². The van der Waals surface area contributed by atoms with Gasteiger partial charge in [0.15, 0.2) is 0 Å². The number of amides is 2. The fourth-order valence-corrected chi connectivity index (χ4v) is 1.82. The fourth-order valence-electron chi connectivity index (χ4n) is 1.82. The Labute approximate surface area is 106 Å². The average Bonchev–Trinajstić information content (AvgIpc) is 2.63. The minimum absolute atomic E-state index is 0.289. The Morgan fingerprint density at radius 3 is 2.44 bits per heavy atom. The second kappa shape index (κ2) is 6.74. The predicted molar refractivity (Wildman–Crippen MR) is 65.7 cm³/mol. The smallest absolute Gasteiger partial charge is 0.310 e. The molecule has 1 rings (SSSR count). The van der Waals surface area contributed by atoms with E-state index in [1.807, 2.05) is 0 Å². The molecule has 0 bridgehead atoms. The van der Waals surface area contributed by atoms with Crippen LogP contribution in [-0.2, 0) is 14.4 Å². The number of unbranched alkanes of at least 4 members (excludes halogenated alkanes) is 1. The van der Waals surface area contributed by atoms with Gasteiger partial charge in [0.25, 0.3) is 11.8 Å². The maximum Gasteiger partial charge on any atom is 0.310 e. The van der Waals surface area contributed by atoms with Crippen LogP contribution in [0.3, 0.4) is 0 Å². The molecule has 5 heteroatoms. The first-order valence-corrected chi connectivity index (χ1v) is 5.95. The normalized spacial score (nSPS) is 16.8. The second-order valence-electron chi connectivity index (χ2n) is 4.13. The van der Waals surface area contributed by atoms with Crippen molar-refractivity contribution in [3.8, 4) is 0 Å². The molecule has 5 nitrogen and oxygen atoms in total. The van der Waals surface area contributed by atoms with Crippen LogP contribution in [0.5, 0.6) is 0 Å². The van der Waals surface area contributed by atoms with Crippen molar-refractivity contribution in [1.29, 1.82) is 0 Å². The molecule has 98 valence electrons. The monoisotopic (exact) mass is 251 g/mol. The summed E-state index contributed by atoms with van der Waals surface area (Å²) in [5.41, 5.74) is 0. The van der Waals surface area contributed by atoms with Crippen molar-refractivity contribution < 1.29 is 19.5 Å². The third-order valence-electron chi connectivity index (χ3n) is 2.79. The molecule has 0 spiro atoms. The number of carbonyl (C=O) groups is 3. The first-order valence-electron chi connectivity index (χ1n) is 5.95. The van der Waals surface area contributed by atoms with Gasteiger partial charge in [-0.2, -0.15) is 0 Å². The van der Waals surface area contributed by atoms with Crippen molar-refractivity contribution in [2.75, 3.05) is 6.54 Å². The summed E-state index contributed by atoms with van der Waals surface area (Å²) < 4.78 is 0. The molecule has 1 unspecified atom stereocenters. The average molecular weight is 251 g/mol. The minimum atomic E-state index is -0.844. The molecule has 1 heterocycles. The largest absolute Gasteiger partial charge is 0.481 e. The molecule has 1 aliphatic heterocycles. The number of carboxylic acids is 1. The van der Waals surface area contributed by atoms with E-state index in [0.717, 1.165) is 0 Å². The summed E-state index contributed by atoms with van der Waals surface area (Å²) in [6.07, 6.45) is 7.68. The lowest BCUT2D eigenvalue weighted by molar-refractivity contribution is -0.141. The van der Waals surface area contributed by atoms with E-state index in [4.69, 9.17) is 5.11 Å². The van der Waals surface area contributed by atoms with Crippen molar-refractivity contribution in [3.63, 3.8) is 0 Å². The quantitative estimate of drug-likeness (QED) is 0.421. The summed E-state index contributed by atoms with van der Waals surface area (Å²) in [5.74, 6) is -1.91. The highest BCUT2D eigenvalue weighted by atomic mass is 16.4. The van der Waals surface area contributed by atoms with Gasteiger partial charge in [0.2, 0.25) is 0 Å². The maximum atomic E-state index is 11.2. The van der Waals surface area contributed by atoms with Crippen LogP contribution in [0.4, 0.5) is 0 Å². The molecule has 1 aliphatic rings. The molecule has 0 aromatic carbocycles. The molecule has 0 fully saturated rings. The van der Waals surface area contributed by atoms with Gasteiger partial charge in [-0.05, 0) is 19.8 Å². The lowest BCUT2D eigenvalue weighted by atomic mass is 10.0. The van der Waals surface area contributed by atoms with E-state index in [-0.39, 0.29) is 11.8 Å². The van der Waals surface area contributed by atoms with Crippen LogP contribution < -0.4 is 0 Å².